The summed E-state index contributed by atoms with van der Waals surface area (Å²) in [7, 11) is 0. The summed E-state index contributed by atoms with van der Waals surface area (Å²) in [4.78, 5) is 10.9. The highest BCUT2D eigenvalue weighted by Gasteiger charge is 2.38. The summed E-state index contributed by atoms with van der Waals surface area (Å²) in [6, 6.07) is 7.14. The molecular formula is C13H18ClNO3. The van der Waals surface area contributed by atoms with Gasteiger partial charge in [0.05, 0.1) is 12.0 Å². The molecule has 1 aromatic rings. The first-order valence-electron chi connectivity index (χ1n) is 5.66. The second-order valence-corrected chi connectivity index (χ2v) is 5.17. The Balaban J connectivity index is 3.19. The van der Waals surface area contributed by atoms with Gasteiger partial charge in [0.15, 0.2) is 0 Å². The molecule has 0 fully saturated rings. The Bertz CT molecular complexity index is 432. The topological polar surface area (TPSA) is 72.6 Å². The molecule has 0 saturated heterocycles. The van der Waals surface area contributed by atoms with E-state index in [9.17, 15) is 9.90 Å². The van der Waals surface area contributed by atoms with Crippen LogP contribution in [-0.4, -0.2) is 22.9 Å². The first-order valence-corrected chi connectivity index (χ1v) is 6.04. The van der Waals surface area contributed by atoms with Crippen molar-refractivity contribution in [1.82, 2.24) is 0 Å². The minimum atomic E-state index is -0.953. The fourth-order valence-electron chi connectivity index (χ4n) is 2.27. The third kappa shape index (κ3) is 3.37. The molecular weight excluding hydrogens is 254 g/mol. The summed E-state index contributed by atoms with van der Waals surface area (Å²) in [5, 5.41) is 10.5. The molecule has 1 rings (SSSR count). The minimum absolute atomic E-state index is 0.460. The summed E-state index contributed by atoms with van der Waals surface area (Å²) >= 11 is 6.12. The van der Waals surface area contributed by atoms with Crippen molar-refractivity contribution in [3.63, 3.8) is 0 Å². The molecule has 1 aromatic carbocycles. The number of rotatable bonds is 4. The zero-order valence-corrected chi connectivity index (χ0v) is 11.4. The lowest BCUT2D eigenvalue weighted by Crippen LogP contribution is -2.41. The lowest BCUT2D eigenvalue weighted by atomic mass is 9.81. The highest BCUT2D eigenvalue weighted by atomic mass is 35.5. The van der Waals surface area contributed by atoms with Crippen molar-refractivity contribution in [3.8, 4) is 0 Å². The molecule has 18 heavy (non-hydrogen) atoms. The molecule has 0 spiro atoms. The van der Waals surface area contributed by atoms with E-state index in [2.05, 4.69) is 0 Å². The van der Waals surface area contributed by atoms with E-state index < -0.39 is 23.7 Å². The summed E-state index contributed by atoms with van der Waals surface area (Å²) in [5.74, 6) is -0.460. The van der Waals surface area contributed by atoms with Gasteiger partial charge in [-0.3, -0.25) is 0 Å². The number of carbonyl (C=O) groups is 1. The van der Waals surface area contributed by atoms with Gasteiger partial charge >= 0.3 is 6.09 Å². The van der Waals surface area contributed by atoms with Gasteiger partial charge in [0.1, 0.15) is 5.60 Å². The minimum Gasteiger partial charge on any atom is -0.443 e. The number of hydrogen-bond donors (Lipinski definition) is 2. The van der Waals surface area contributed by atoms with E-state index in [1.54, 1.807) is 39.0 Å². The number of ether oxygens (including phenoxy) is 1. The van der Waals surface area contributed by atoms with Crippen LogP contribution < -0.4 is 5.73 Å². The zero-order valence-electron chi connectivity index (χ0n) is 10.7. The normalized spacial score (nSPS) is 14.9. The quantitative estimate of drug-likeness (QED) is 0.884. The molecule has 2 atom stereocenters. The summed E-state index contributed by atoms with van der Waals surface area (Å²) < 4.78 is 5.09. The first kappa shape index (κ1) is 14.8. The monoisotopic (exact) mass is 271 g/mol. The zero-order chi connectivity index (χ0) is 13.9. The number of amides is 1. The van der Waals surface area contributed by atoms with Crippen molar-refractivity contribution in [3.05, 3.63) is 34.9 Å². The summed E-state index contributed by atoms with van der Waals surface area (Å²) in [6.45, 7) is 5.01. The Morgan fingerprint density at radius 1 is 1.44 bits per heavy atom. The van der Waals surface area contributed by atoms with E-state index in [0.29, 0.717) is 5.02 Å². The van der Waals surface area contributed by atoms with Crippen LogP contribution in [0.1, 0.15) is 32.3 Å². The lowest BCUT2D eigenvalue weighted by Gasteiger charge is -2.36. The van der Waals surface area contributed by atoms with Crippen LogP contribution in [-0.2, 0) is 4.74 Å². The van der Waals surface area contributed by atoms with Crippen LogP contribution in [0, 0.1) is 0 Å². The largest absolute Gasteiger partial charge is 0.443 e. The molecule has 0 radical (unpaired) electrons. The van der Waals surface area contributed by atoms with Crippen molar-refractivity contribution < 1.29 is 14.6 Å². The van der Waals surface area contributed by atoms with Gasteiger partial charge in [-0.25, -0.2) is 4.79 Å². The number of hydrogen-bond acceptors (Lipinski definition) is 3. The molecule has 5 heteroatoms. The van der Waals surface area contributed by atoms with Crippen molar-refractivity contribution in [2.24, 2.45) is 5.73 Å². The van der Waals surface area contributed by atoms with E-state index in [1.807, 2.05) is 6.07 Å². The highest BCUT2D eigenvalue weighted by molar-refractivity contribution is 6.31. The third-order valence-corrected chi connectivity index (χ3v) is 3.18. The number of aliphatic hydroxyl groups is 1. The van der Waals surface area contributed by atoms with Crippen LogP contribution in [0.25, 0.3) is 0 Å². The summed E-state index contributed by atoms with van der Waals surface area (Å²) in [5.41, 5.74) is 4.83. The molecule has 2 unspecified atom stereocenters. The predicted octanol–water partition coefficient (Wildman–Crippen LogP) is 2.68. The van der Waals surface area contributed by atoms with Crippen molar-refractivity contribution in [2.75, 3.05) is 0 Å². The molecule has 0 aromatic heterocycles. The lowest BCUT2D eigenvalue weighted by molar-refractivity contribution is -0.0141. The predicted molar refractivity (Wildman–Crippen MR) is 70.6 cm³/mol. The van der Waals surface area contributed by atoms with E-state index in [1.165, 1.54) is 0 Å². The SMILES string of the molecule is CC(O)C(c1ccccc1Cl)C(C)(C)OC(N)=O. The number of nitrogens with two attached hydrogens (primary N) is 1. The van der Waals surface area contributed by atoms with E-state index in [-0.39, 0.29) is 0 Å². The van der Waals surface area contributed by atoms with Crippen LogP contribution in [0.3, 0.4) is 0 Å². The van der Waals surface area contributed by atoms with Crippen LogP contribution in [0.15, 0.2) is 24.3 Å². The van der Waals surface area contributed by atoms with Crippen molar-refractivity contribution in [2.45, 2.75) is 38.4 Å². The van der Waals surface area contributed by atoms with Crippen LogP contribution >= 0.6 is 11.6 Å². The second-order valence-electron chi connectivity index (χ2n) is 4.76. The maximum atomic E-state index is 10.9. The van der Waals surface area contributed by atoms with Gasteiger partial charge in [-0.05, 0) is 32.4 Å². The highest BCUT2D eigenvalue weighted by Crippen LogP contribution is 2.37. The average Bonchev–Trinajstić information content (AvgIpc) is 2.18. The molecule has 0 aliphatic rings. The second kappa shape index (κ2) is 5.59. The maximum absolute atomic E-state index is 10.9. The number of aliphatic hydroxyl groups excluding tert-OH is 1. The molecule has 100 valence electrons. The van der Waals surface area contributed by atoms with Crippen LogP contribution in [0.2, 0.25) is 5.02 Å². The Hall–Kier alpha value is -1.26. The van der Waals surface area contributed by atoms with Gasteiger partial charge in [0, 0.05) is 5.02 Å². The molecule has 0 saturated carbocycles. The van der Waals surface area contributed by atoms with Crippen molar-refractivity contribution >= 4 is 17.7 Å². The number of halogens is 1. The fraction of sp³-hybridized carbons (Fsp3) is 0.462. The fourth-order valence-corrected chi connectivity index (χ4v) is 2.52. The van der Waals surface area contributed by atoms with Gasteiger partial charge < -0.3 is 15.6 Å². The molecule has 4 nitrogen and oxygen atoms in total. The number of carbonyl (C=O) groups excluding carboxylic acids is 1. The molecule has 0 heterocycles. The average molecular weight is 272 g/mol. The Morgan fingerprint density at radius 3 is 2.44 bits per heavy atom. The smallest absolute Gasteiger partial charge is 0.405 e. The van der Waals surface area contributed by atoms with E-state index in [0.717, 1.165) is 5.56 Å². The Morgan fingerprint density at radius 2 is 2.00 bits per heavy atom. The van der Waals surface area contributed by atoms with Crippen LogP contribution in [0.5, 0.6) is 0 Å². The third-order valence-electron chi connectivity index (χ3n) is 2.84. The molecule has 0 bridgehead atoms. The number of benzene rings is 1. The van der Waals surface area contributed by atoms with Gasteiger partial charge in [-0.1, -0.05) is 29.8 Å². The van der Waals surface area contributed by atoms with Gasteiger partial charge in [0.25, 0.3) is 0 Å². The van der Waals surface area contributed by atoms with Gasteiger partial charge in [-0.15, -0.1) is 0 Å². The standard InChI is InChI=1S/C13H18ClNO3/c1-8(16)11(13(2,3)18-12(15)17)9-6-4-5-7-10(9)14/h4-8,11,16H,1-3H3,(H2,15,17). The number of primary amides is 1. The van der Waals surface area contributed by atoms with Gasteiger partial charge in [-0.2, -0.15) is 0 Å². The maximum Gasteiger partial charge on any atom is 0.405 e. The first-order chi connectivity index (χ1) is 8.25. The van der Waals surface area contributed by atoms with E-state index >= 15 is 0 Å². The molecule has 3 N–H and O–H groups in total. The van der Waals surface area contributed by atoms with Crippen molar-refractivity contribution in [1.29, 1.82) is 0 Å². The summed E-state index contributed by atoms with van der Waals surface area (Å²) in [6.07, 6.45) is -1.61. The van der Waals surface area contributed by atoms with E-state index in [4.69, 9.17) is 22.1 Å². The molecule has 1 amide bonds. The van der Waals surface area contributed by atoms with Gasteiger partial charge in [0.2, 0.25) is 0 Å². The molecule has 0 aliphatic carbocycles. The van der Waals surface area contributed by atoms with Crippen LogP contribution in [0.4, 0.5) is 4.79 Å². The Labute approximate surface area is 112 Å². The molecule has 0 aliphatic heterocycles. The Kier molecular flexibility index (Phi) is 4.59.